The molecular weight excluding hydrogens is 380 g/mol. The van der Waals surface area contributed by atoms with Crippen molar-refractivity contribution in [3.05, 3.63) is 59.0 Å². The van der Waals surface area contributed by atoms with Crippen molar-refractivity contribution in [2.75, 3.05) is 19.7 Å². The molecule has 0 spiro atoms. The molecule has 1 fully saturated rings. The molecule has 0 aliphatic carbocycles. The van der Waals surface area contributed by atoms with Gasteiger partial charge < -0.3 is 14.2 Å². The number of hydrogen-bond acceptors (Lipinski definition) is 5. The van der Waals surface area contributed by atoms with E-state index in [0.717, 1.165) is 12.0 Å². The Kier molecular flexibility index (Phi) is 7.08. The van der Waals surface area contributed by atoms with E-state index in [9.17, 15) is 9.59 Å². The number of piperidine rings is 1. The summed E-state index contributed by atoms with van der Waals surface area (Å²) in [5.41, 5.74) is 1.52. The zero-order valence-corrected chi connectivity index (χ0v) is 18.0. The van der Waals surface area contributed by atoms with Gasteiger partial charge in [0.05, 0.1) is 17.7 Å². The van der Waals surface area contributed by atoms with Crippen molar-refractivity contribution >= 4 is 18.0 Å². The van der Waals surface area contributed by atoms with Gasteiger partial charge in [-0.05, 0) is 45.1 Å². The minimum absolute atomic E-state index is 0.119. The number of allylic oxidation sites excluding steroid dienone is 1. The van der Waals surface area contributed by atoms with E-state index in [1.165, 1.54) is 0 Å². The van der Waals surface area contributed by atoms with Crippen LogP contribution in [0, 0.1) is 12.3 Å². The Hall–Kier alpha value is -2.89. The standard InChI is InChI=1S/C24H30N2O4/c1-4-20-21(18(3)30-25-20)22(27)26-16-10-15-24(17-26,23(28)29-5-2)14-9-13-19-11-7-6-8-12-19/h6-9,11-13H,4-5,10,14-17H2,1-3H3. The number of amides is 1. The average molecular weight is 411 g/mol. The number of hydrogen-bond donors (Lipinski definition) is 0. The summed E-state index contributed by atoms with van der Waals surface area (Å²) in [5, 5.41) is 4.01. The lowest BCUT2D eigenvalue weighted by molar-refractivity contribution is -0.158. The minimum atomic E-state index is -0.743. The number of carbonyl (C=O) groups is 2. The van der Waals surface area contributed by atoms with Crippen LogP contribution >= 0.6 is 0 Å². The monoisotopic (exact) mass is 410 g/mol. The van der Waals surface area contributed by atoms with E-state index in [1.54, 1.807) is 11.8 Å². The van der Waals surface area contributed by atoms with Gasteiger partial charge in [-0.1, -0.05) is 54.6 Å². The quantitative estimate of drug-likeness (QED) is 0.631. The normalized spacial score (nSPS) is 19.2. The van der Waals surface area contributed by atoms with Gasteiger partial charge in [0.15, 0.2) is 0 Å². The molecule has 1 aliphatic rings. The molecule has 30 heavy (non-hydrogen) atoms. The summed E-state index contributed by atoms with van der Waals surface area (Å²) < 4.78 is 10.7. The van der Waals surface area contributed by atoms with Crippen LogP contribution < -0.4 is 0 Å². The van der Waals surface area contributed by atoms with Crippen molar-refractivity contribution in [2.24, 2.45) is 5.41 Å². The lowest BCUT2D eigenvalue weighted by Gasteiger charge is -2.40. The third-order valence-electron chi connectivity index (χ3n) is 5.67. The Bertz CT molecular complexity index is 903. The van der Waals surface area contributed by atoms with Crippen LogP contribution in [0.1, 0.15) is 60.5 Å². The van der Waals surface area contributed by atoms with Gasteiger partial charge in [-0.15, -0.1) is 0 Å². The highest BCUT2D eigenvalue weighted by atomic mass is 16.5. The van der Waals surface area contributed by atoms with Gasteiger partial charge in [0.2, 0.25) is 0 Å². The third kappa shape index (κ3) is 4.64. The van der Waals surface area contributed by atoms with E-state index in [2.05, 4.69) is 5.16 Å². The van der Waals surface area contributed by atoms with Gasteiger partial charge in [0, 0.05) is 13.1 Å². The van der Waals surface area contributed by atoms with Crippen LogP contribution in [0.5, 0.6) is 0 Å². The maximum absolute atomic E-state index is 13.3. The highest BCUT2D eigenvalue weighted by Crippen LogP contribution is 2.37. The summed E-state index contributed by atoms with van der Waals surface area (Å²) in [5.74, 6) is 0.164. The van der Waals surface area contributed by atoms with E-state index >= 15 is 0 Å². The molecule has 0 radical (unpaired) electrons. The summed E-state index contributed by atoms with van der Waals surface area (Å²) in [7, 11) is 0. The van der Waals surface area contributed by atoms with Crippen molar-refractivity contribution in [1.82, 2.24) is 10.1 Å². The van der Waals surface area contributed by atoms with Gasteiger partial charge in [-0.2, -0.15) is 0 Å². The maximum atomic E-state index is 13.3. The smallest absolute Gasteiger partial charge is 0.314 e. The van der Waals surface area contributed by atoms with Crippen molar-refractivity contribution in [2.45, 2.75) is 46.5 Å². The molecular formula is C24H30N2O4. The molecule has 1 saturated heterocycles. The average Bonchev–Trinajstić information content (AvgIpc) is 3.14. The molecule has 3 rings (SSSR count). The van der Waals surface area contributed by atoms with Crippen molar-refractivity contribution < 1.29 is 18.8 Å². The molecule has 0 bridgehead atoms. The van der Waals surface area contributed by atoms with Gasteiger partial charge >= 0.3 is 5.97 Å². The van der Waals surface area contributed by atoms with E-state index in [-0.39, 0.29) is 11.9 Å². The van der Waals surface area contributed by atoms with E-state index < -0.39 is 5.41 Å². The first-order valence-electron chi connectivity index (χ1n) is 10.6. The summed E-state index contributed by atoms with van der Waals surface area (Å²) in [6.45, 7) is 6.77. The first-order chi connectivity index (χ1) is 14.5. The fraction of sp³-hybridized carbons (Fsp3) is 0.458. The van der Waals surface area contributed by atoms with Crippen LogP contribution in [0.15, 0.2) is 40.9 Å². The number of ether oxygens (including phenoxy) is 1. The van der Waals surface area contributed by atoms with Gasteiger partial charge in [0.25, 0.3) is 5.91 Å². The van der Waals surface area contributed by atoms with Crippen LogP contribution in [-0.4, -0.2) is 41.6 Å². The molecule has 0 N–H and O–H groups in total. The largest absolute Gasteiger partial charge is 0.466 e. The van der Waals surface area contributed by atoms with E-state index in [1.807, 2.05) is 56.3 Å². The fourth-order valence-corrected chi connectivity index (χ4v) is 4.08. The molecule has 6 heteroatoms. The molecule has 2 aromatic rings. The third-order valence-corrected chi connectivity index (χ3v) is 5.67. The maximum Gasteiger partial charge on any atom is 0.314 e. The molecule has 1 aromatic carbocycles. The topological polar surface area (TPSA) is 72.6 Å². The summed E-state index contributed by atoms with van der Waals surface area (Å²) >= 11 is 0. The number of benzene rings is 1. The van der Waals surface area contributed by atoms with Crippen LogP contribution in [0.25, 0.3) is 6.08 Å². The molecule has 1 unspecified atom stereocenters. The Morgan fingerprint density at radius 1 is 1.27 bits per heavy atom. The highest BCUT2D eigenvalue weighted by Gasteiger charge is 2.44. The SMILES string of the molecule is CCOC(=O)C1(CC=Cc2ccccc2)CCCN(C(=O)c2c(CC)noc2C)C1. The second kappa shape index (κ2) is 9.74. The molecule has 1 aliphatic heterocycles. The Morgan fingerprint density at radius 2 is 2.03 bits per heavy atom. The number of aryl methyl sites for hydroxylation is 2. The molecule has 1 aromatic heterocycles. The number of nitrogens with zero attached hydrogens (tertiary/aromatic N) is 2. The zero-order valence-electron chi connectivity index (χ0n) is 18.0. The first-order valence-corrected chi connectivity index (χ1v) is 10.6. The number of carbonyl (C=O) groups excluding carboxylic acids is 2. The second-order valence-corrected chi connectivity index (χ2v) is 7.76. The summed E-state index contributed by atoms with van der Waals surface area (Å²) in [4.78, 5) is 28.0. The molecule has 0 saturated carbocycles. The molecule has 160 valence electrons. The van der Waals surface area contributed by atoms with Crippen molar-refractivity contribution in [1.29, 1.82) is 0 Å². The van der Waals surface area contributed by atoms with Gasteiger partial charge in [-0.25, -0.2) is 0 Å². The Labute approximate surface area is 177 Å². The number of likely N-dealkylation sites (tertiary alicyclic amines) is 1. The van der Waals surface area contributed by atoms with Gasteiger partial charge in [-0.3, -0.25) is 9.59 Å². The van der Waals surface area contributed by atoms with Crippen LogP contribution in [0.2, 0.25) is 0 Å². The van der Waals surface area contributed by atoms with E-state index in [4.69, 9.17) is 9.26 Å². The number of rotatable bonds is 7. The zero-order chi connectivity index (χ0) is 21.6. The molecule has 1 amide bonds. The fourth-order valence-electron chi connectivity index (χ4n) is 4.08. The summed E-state index contributed by atoms with van der Waals surface area (Å²) in [6, 6.07) is 9.97. The highest BCUT2D eigenvalue weighted by molar-refractivity contribution is 5.96. The predicted octanol–water partition coefficient (Wildman–Crippen LogP) is 4.43. The van der Waals surface area contributed by atoms with Crippen LogP contribution in [-0.2, 0) is 16.0 Å². The number of esters is 1. The second-order valence-electron chi connectivity index (χ2n) is 7.76. The lowest BCUT2D eigenvalue weighted by atomic mass is 9.76. The van der Waals surface area contributed by atoms with Gasteiger partial charge in [0.1, 0.15) is 11.3 Å². The Balaban J connectivity index is 1.83. The summed E-state index contributed by atoms with van der Waals surface area (Å²) in [6.07, 6.45) is 6.61. The first kappa shape index (κ1) is 21.8. The van der Waals surface area contributed by atoms with Crippen LogP contribution in [0.4, 0.5) is 0 Å². The molecule has 2 heterocycles. The minimum Gasteiger partial charge on any atom is -0.466 e. The number of aromatic nitrogens is 1. The van der Waals surface area contributed by atoms with E-state index in [0.29, 0.717) is 56.0 Å². The lowest BCUT2D eigenvalue weighted by Crippen LogP contribution is -2.50. The molecule has 6 nitrogen and oxygen atoms in total. The molecule has 1 atom stereocenters. The van der Waals surface area contributed by atoms with Crippen molar-refractivity contribution in [3.63, 3.8) is 0 Å². The Morgan fingerprint density at radius 3 is 2.73 bits per heavy atom. The van der Waals surface area contributed by atoms with Crippen molar-refractivity contribution in [3.8, 4) is 0 Å². The van der Waals surface area contributed by atoms with Crippen LogP contribution in [0.3, 0.4) is 0 Å². The predicted molar refractivity (Wildman–Crippen MR) is 115 cm³/mol.